The average molecular weight is 387 g/mol. The van der Waals surface area contributed by atoms with Crippen LogP contribution in [0.5, 0.6) is 5.88 Å². The molecule has 0 bridgehead atoms. The summed E-state index contributed by atoms with van der Waals surface area (Å²) in [5, 5.41) is 0. The second-order valence-corrected chi connectivity index (χ2v) is 6.59. The lowest BCUT2D eigenvalue weighted by Crippen LogP contribution is -2.49. The Morgan fingerprint density at radius 1 is 1.21 bits per heavy atom. The molecule has 1 aromatic heterocycles. The molecule has 3 rings (SSSR count). The van der Waals surface area contributed by atoms with Crippen molar-refractivity contribution >= 4 is 17.8 Å². The summed E-state index contributed by atoms with van der Waals surface area (Å²) in [7, 11) is 1.54. The van der Waals surface area contributed by atoms with Crippen LogP contribution in [-0.2, 0) is 4.79 Å². The highest BCUT2D eigenvalue weighted by molar-refractivity contribution is 5.95. The van der Waals surface area contributed by atoms with Crippen molar-refractivity contribution in [3.05, 3.63) is 47.4 Å². The summed E-state index contributed by atoms with van der Waals surface area (Å²) in [6, 6.07) is 6.81. The van der Waals surface area contributed by atoms with Crippen molar-refractivity contribution in [2.75, 3.05) is 25.1 Å². The van der Waals surface area contributed by atoms with Crippen LogP contribution < -0.4 is 20.5 Å². The quantitative estimate of drug-likeness (QED) is 0.774. The largest absolute Gasteiger partial charge is 0.481 e. The number of carbonyl (C=O) groups excluding carboxylic acids is 2. The smallest absolute Gasteiger partial charge is 0.269 e. The summed E-state index contributed by atoms with van der Waals surface area (Å²) >= 11 is 0. The Labute approximate surface area is 162 Å². The highest BCUT2D eigenvalue weighted by Gasteiger charge is 2.28. The minimum Gasteiger partial charge on any atom is -0.481 e. The van der Waals surface area contributed by atoms with Gasteiger partial charge in [-0.05, 0) is 44.0 Å². The summed E-state index contributed by atoms with van der Waals surface area (Å²) in [6.07, 6.45) is 1.49. The predicted octanol–water partition coefficient (Wildman–Crippen LogP) is 1.61. The molecule has 1 saturated heterocycles. The van der Waals surface area contributed by atoms with Crippen molar-refractivity contribution in [3.63, 3.8) is 0 Å². The van der Waals surface area contributed by atoms with Gasteiger partial charge in [0.2, 0.25) is 17.7 Å². The summed E-state index contributed by atoms with van der Waals surface area (Å²) in [4.78, 5) is 35.2. The van der Waals surface area contributed by atoms with E-state index < -0.39 is 11.7 Å². The number of rotatable bonds is 4. The van der Waals surface area contributed by atoms with Crippen molar-refractivity contribution < 1.29 is 18.7 Å². The number of anilines is 1. The van der Waals surface area contributed by atoms with Crippen LogP contribution in [0.4, 0.5) is 10.3 Å². The number of hydrogen-bond acceptors (Lipinski definition) is 6. The molecule has 8 nitrogen and oxygen atoms in total. The van der Waals surface area contributed by atoms with Gasteiger partial charge in [-0.1, -0.05) is 0 Å². The highest BCUT2D eigenvalue weighted by Crippen LogP contribution is 2.22. The van der Waals surface area contributed by atoms with E-state index in [1.54, 1.807) is 13.2 Å². The molecule has 0 saturated carbocycles. The van der Waals surface area contributed by atoms with Crippen molar-refractivity contribution in [2.45, 2.75) is 19.8 Å². The fraction of sp³-hybridized carbons (Fsp3) is 0.368. The molecule has 1 aromatic carbocycles. The van der Waals surface area contributed by atoms with Gasteiger partial charge in [0.05, 0.1) is 13.0 Å². The van der Waals surface area contributed by atoms with E-state index in [9.17, 15) is 14.0 Å². The zero-order valence-corrected chi connectivity index (χ0v) is 15.7. The zero-order valence-electron chi connectivity index (χ0n) is 15.7. The normalized spacial score (nSPS) is 16.4. The van der Waals surface area contributed by atoms with Gasteiger partial charge < -0.3 is 9.64 Å². The van der Waals surface area contributed by atoms with Gasteiger partial charge in [0.15, 0.2) is 0 Å². The Kier molecular flexibility index (Phi) is 6.03. The first-order valence-corrected chi connectivity index (χ1v) is 8.96. The van der Waals surface area contributed by atoms with Crippen LogP contribution in [0.3, 0.4) is 0 Å². The summed E-state index contributed by atoms with van der Waals surface area (Å²) in [5.41, 5.74) is 5.85. The summed E-state index contributed by atoms with van der Waals surface area (Å²) in [6.45, 7) is 3.02. The van der Waals surface area contributed by atoms with Crippen molar-refractivity contribution in [1.29, 1.82) is 0 Å². The standard InChI is InChI=1S/C19H22FN5O3/c1-12-10-16(28-2)22-19(21-12)25-9-3-4-14(11-25)18(27)24-23-17(26)13-5-7-15(20)8-6-13/h5-8,10,14H,3-4,9,11H2,1-2H3,(H,23,26)(H,24,27)/t14-/m0/s1. The molecule has 1 atom stereocenters. The number of carbonyl (C=O) groups is 2. The van der Waals surface area contributed by atoms with Crippen molar-refractivity contribution in [1.82, 2.24) is 20.8 Å². The molecular formula is C19H22FN5O3. The SMILES string of the molecule is COc1cc(C)nc(N2CCC[C@H](C(=O)NNC(=O)c3ccc(F)cc3)C2)n1. The lowest BCUT2D eigenvalue weighted by Gasteiger charge is -2.32. The topological polar surface area (TPSA) is 96.5 Å². The molecule has 0 aliphatic carbocycles. The molecule has 1 fully saturated rings. The van der Waals surface area contributed by atoms with E-state index in [4.69, 9.17) is 4.74 Å². The molecular weight excluding hydrogens is 365 g/mol. The third-order valence-electron chi connectivity index (χ3n) is 4.51. The number of halogens is 1. The van der Waals surface area contributed by atoms with Gasteiger partial charge in [0.25, 0.3) is 5.91 Å². The lowest BCUT2D eigenvalue weighted by atomic mass is 9.98. The van der Waals surface area contributed by atoms with Gasteiger partial charge in [-0.15, -0.1) is 0 Å². The maximum Gasteiger partial charge on any atom is 0.269 e. The Morgan fingerprint density at radius 3 is 2.68 bits per heavy atom. The van der Waals surface area contributed by atoms with Gasteiger partial charge in [-0.2, -0.15) is 4.98 Å². The number of nitrogens with zero attached hydrogens (tertiary/aromatic N) is 3. The molecule has 2 heterocycles. The van der Waals surface area contributed by atoms with E-state index >= 15 is 0 Å². The monoisotopic (exact) mass is 387 g/mol. The average Bonchev–Trinajstić information content (AvgIpc) is 2.71. The van der Waals surface area contributed by atoms with Crippen LogP contribution >= 0.6 is 0 Å². The van der Waals surface area contributed by atoms with E-state index in [2.05, 4.69) is 20.8 Å². The maximum absolute atomic E-state index is 12.9. The number of amides is 2. The van der Waals surface area contributed by atoms with Gasteiger partial charge in [-0.3, -0.25) is 20.4 Å². The van der Waals surface area contributed by atoms with E-state index in [1.807, 2.05) is 11.8 Å². The first-order chi connectivity index (χ1) is 13.5. The Balaban J connectivity index is 1.59. The van der Waals surface area contributed by atoms with E-state index in [0.29, 0.717) is 24.8 Å². The van der Waals surface area contributed by atoms with Gasteiger partial charge in [0.1, 0.15) is 5.82 Å². The molecule has 2 aromatic rings. The minimum absolute atomic E-state index is 0.257. The highest BCUT2D eigenvalue weighted by atomic mass is 19.1. The third-order valence-corrected chi connectivity index (χ3v) is 4.51. The van der Waals surface area contributed by atoms with Crippen LogP contribution in [0, 0.1) is 18.7 Å². The first-order valence-electron chi connectivity index (χ1n) is 8.96. The second kappa shape index (κ2) is 8.64. The number of aryl methyl sites for hydroxylation is 1. The second-order valence-electron chi connectivity index (χ2n) is 6.59. The molecule has 1 aliphatic rings. The Morgan fingerprint density at radius 2 is 1.96 bits per heavy atom. The summed E-state index contributed by atoms with van der Waals surface area (Å²) < 4.78 is 18.1. The van der Waals surface area contributed by atoms with Crippen LogP contribution in [0.15, 0.2) is 30.3 Å². The van der Waals surface area contributed by atoms with E-state index in [0.717, 1.165) is 18.7 Å². The Bertz CT molecular complexity index is 859. The van der Waals surface area contributed by atoms with Gasteiger partial charge in [0, 0.05) is 30.4 Å². The number of ether oxygens (including phenoxy) is 1. The molecule has 2 amide bonds. The number of hydrazine groups is 1. The molecule has 148 valence electrons. The molecule has 9 heteroatoms. The minimum atomic E-state index is -0.507. The molecule has 0 spiro atoms. The lowest BCUT2D eigenvalue weighted by molar-refractivity contribution is -0.126. The van der Waals surface area contributed by atoms with Crippen LogP contribution in [0.25, 0.3) is 0 Å². The van der Waals surface area contributed by atoms with E-state index in [1.165, 1.54) is 24.3 Å². The number of aromatic nitrogens is 2. The summed E-state index contributed by atoms with van der Waals surface area (Å²) in [5.74, 6) is -0.562. The molecule has 28 heavy (non-hydrogen) atoms. The fourth-order valence-corrected chi connectivity index (χ4v) is 3.04. The molecule has 2 N–H and O–H groups in total. The van der Waals surface area contributed by atoms with Crippen molar-refractivity contribution in [3.8, 4) is 5.88 Å². The Hall–Kier alpha value is -3.23. The molecule has 0 radical (unpaired) electrons. The zero-order chi connectivity index (χ0) is 20.1. The number of benzene rings is 1. The van der Waals surface area contributed by atoms with Crippen LogP contribution in [0.2, 0.25) is 0 Å². The van der Waals surface area contributed by atoms with Crippen molar-refractivity contribution in [2.24, 2.45) is 5.92 Å². The fourth-order valence-electron chi connectivity index (χ4n) is 3.04. The predicted molar refractivity (Wildman–Crippen MR) is 100 cm³/mol. The molecule has 0 unspecified atom stereocenters. The number of methoxy groups -OCH3 is 1. The van der Waals surface area contributed by atoms with Gasteiger partial charge >= 0.3 is 0 Å². The van der Waals surface area contributed by atoms with E-state index in [-0.39, 0.29) is 17.4 Å². The third kappa shape index (κ3) is 4.73. The van der Waals surface area contributed by atoms with Gasteiger partial charge in [-0.25, -0.2) is 9.37 Å². The van der Waals surface area contributed by atoms with Crippen LogP contribution in [-0.4, -0.2) is 42.0 Å². The maximum atomic E-state index is 12.9. The van der Waals surface area contributed by atoms with Crippen LogP contribution in [0.1, 0.15) is 28.9 Å². The number of hydrogen-bond donors (Lipinski definition) is 2. The number of piperidine rings is 1. The molecule has 1 aliphatic heterocycles. The number of nitrogens with one attached hydrogen (secondary N) is 2. The first kappa shape index (κ1) is 19.5.